The van der Waals surface area contributed by atoms with Crippen LogP contribution in [0.15, 0.2) is 29.6 Å². The maximum Gasteiger partial charge on any atom is 0.416 e. The molecule has 9 heteroatoms. The molecule has 0 bridgehead atoms. The second-order valence-electron chi connectivity index (χ2n) is 6.07. The normalized spacial score (nSPS) is 14.0. The number of thiazole rings is 1. The number of hydrogen-bond acceptors (Lipinski definition) is 4. The molecular formula is C17H19ClF3N3OS. The molecule has 1 heterocycles. The predicted molar refractivity (Wildman–Crippen MR) is 97.2 cm³/mol. The molecule has 0 unspecified atom stereocenters. The van der Waals surface area contributed by atoms with E-state index in [1.165, 1.54) is 36.3 Å². The number of halogens is 4. The van der Waals surface area contributed by atoms with Crippen LogP contribution < -0.4 is 10.6 Å². The van der Waals surface area contributed by atoms with Crippen molar-refractivity contribution < 1.29 is 18.0 Å². The summed E-state index contributed by atoms with van der Waals surface area (Å²) in [6, 6.07) is 4.91. The maximum atomic E-state index is 12.6. The highest BCUT2D eigenvalue weighted by Crippen LogP contribution is 2.31. The molecule has 2 aromatic rings. The first-order valence-electron chi connectivity index (χ1n) is 8.01. The van der Waals surface area contributed by atoms with Crippen molar-refractivity contribution in [3.05, 3.63) is 40.9 Å². The molecule has 1 aliphatic rings. The number of alkyl halides is 3. The average molecular weight is 406 g/mol. The van der Waals surface area contributed by atoms with E-state index in [4.69, 9.17) is 0 Å². The van der Waals surface area contributed by atoms with Crippen LogP contribution in [0, 0.1) is 5.92 Å². The Morgan fingerprint density at radius 1 is 1.23 bits per heavy atom. The van der Waals surface area contributed by atoms with E-state index in [0.29, 0.717) is 22.8 Å². The van der Waals surface area contributed by atoms with Gasteiger partial charge in [0.25, 0.3) is 0 Å². The van der Waals surface area contributed by atoms with E-state index < -0.39 is 11.7 Å². The summed E-state index contributed by atoms with van der Waals surface area (Å²) in [7, 11) is 0. The van der Waals surface area contributed by atoms with Crippen LogP contribution in [-0.4, -0.2) is 24.0 Å². The van der Waals surface area contributed by atoms with Crippen molar-refractivity contribution in [3.63, 3.8) is 0 Å². The van der Waals surface area contributed by atoms with Crippen LogP contribution in [0.25, 0.3) is 10.6 Å². The summed E-state index contributed by atoms with van der Waals surface area (Å²) in [5.74, 6) is 0.627. The zero-order chi connectivity index (χ0) is 17.9. The van der Waals surface area contributed by atoms with Gasteiger partial charge in [0.2, 0.25) is 5.91 Å². The zero-order valence-corrected chi connectivity index (χ0v) is 15.4. The van der Waals surface area contributed by atoms with Gasteiger partial charge >= 0.3 is 6.18 Å². The van der Waals surface area contributed by atoms with Gasteiger partial charge in [0.1, 0.15) is 5.01 Å². The summed E-state index contributed by atoms with van der Waals surface area (Å²) in [5.41, 5.74) is 0.635. The van der Waals surface area contributed by atoms with Gasteiger partial charge in [-0.25, -0.2) is 4.98 Å². The number of benzene rings is 1. The molecule has 1 saturated carbocycles. The minimum absolute atomic E-state index is 0. The highest BCUT2D eigenvalue weighted by molar-refractivity contribution is 7.13. The van der Waals surface area contributed by atoms with Gasteiger partial charge in [-0.15, -0.1) is 23.7 Å². The molecule has 26 heavy (non-hydrogen) atoms. The molecule has 0 saturated heterocycles. The number of nitrogens with one attached hydrogen (secondary N) is 2. The first-order chi connectivity index (χ1) is 11.9. The fraction of sp³-hybridized carbons (Fsp3) is 0.412. The van der Waals surface area contributed by atoms with Crippen molar-refractivity contribution in [2.45, 2.75) is 25.6 Å². The number of amides is 1. The Morgan fingerprint density at radius 3 is 2.54 bits per heavy atom. The Balaban J connectivity index is 0.00000243. The molecule has 0 spiro atoms. The van der Waals surface area contributed by atoms with Gasteiger partial charge in [-0.05, 0) is 37.4 Å². The maximum absolute atomic E-state index is 12.6. The highest BCUT2D eigenvalue weighted by Gasteiger charge is 2.30. The van der Waals surface area contributed by atoms with E-state index in [1.54, 1.807) is 5.38 Å². The molecule has 0 aliphatic heterocycles. The fourth-order valence-corrected chi connectivity index (χ4v) is 3.11. The van der Waals surface area contributed by atoms with Gasteiger partial charge in [-0.2, -0.15) is 13.2 Å². The quantitative estimate of drug-likeness (QED) is 0.735. The molecule has 142 valence electrons. The average Bonchev–Trinajstić information content (AvgIpc) is 3.27. The van der Waals surface area contributed by atoms with Crippen LogP contribution in [0.3, 0.4) is 0 Å². The molecule has 1 aromatic heterocycles. The number of rotatable bonds is 7. The van der Waals surface area contributed by atoms with Crippen molar-refractivity contribution >= 4 is 29.7 Å². The van der Waals surface area contributed by atoms with Crippen LogP contribution in [0.5, 0.6) is 0 Å². The lowest BCUT2D eigenvalue weighted by molar-refractivity contribution is -0.137. The molecular weight excluding hydrogens is 387 g/mol. The summed E-state index contributed by atoms with van der Waals surface area (Å²) < 4.78 is 37.7. The van der Waals surface area contributed by atoms with E-state index in [-0.39, 0.29) is 24.9 Å². The van der Waals surface area contributed by atoms with E-state index in [9.17, 15) is 18.0 Å². The molecule has 0 radical (unpaired) electrons. The summed E-state index contributed by atoms with van der Waals surface area (Å²) >= 11 is 1.34. The first-order valence-corrected chi connectivity index (χ1v) is 8.89. The Morgan fingerprint density at radius 2 is 1.92 bits per heavy atom. The number of aromatic nitrogens is 1. The smallest absolute Gasteiger partial charge is 0.349 e. The zero-order valence-electron chi connectivity index (χ0n) is 13.8. The summed E-state index contributed by atoms with van der Waals surface area (Å²) in [6.07, 6.45) is -1.87. The van der Waals surface area contributed by atoms with Crippen molar-refractivity contribution in [1.82, 2.24) is 15.6 Å². The molecule has 1 fully saturated rings. The Kier molecular flexibility index (Phi) is 7.02. The largest absolute Gasteiger partial charge is 0.416 e. The molecule has 1 aliphatic carbocycles. The fourth-order valence-electron chi connectivity index (χ4n) is 2.29. The molecule has 2 N–H and O–H groups in total. The predicted octanol–water partition coefficient (Wildman–Crippen LogP) is 3.87. The lowest BCUT2D eigenvalue weighted by Gasteiger charge is -2.06. The number of carbonyl (C=O) groups is 1. The Hall–Kier alpha value is -1.64. The second kappa shape index (κ2) is 8.83. The lowest BCUT2D eigenvalue weighted by Crippen LogP contribution is -2.34. The summed E-state index contributed by atoms with van der Waals surface area (Å²) in [6.45, 7) is 1.47. The molecule has 4 nitrogen and oxygen atoms in total. The minimum atomic E-state index is -4.34. The minimum Gasteiger partial charge on any atom is -0.349 e. The van der Waals surface area contributed by atoms with Crippen molar-refractivity contribution in [3.8, 4) is 10.6 Å². The standard InChI is InChI=1S/C17H18F3N3OS.ClH/c18-17(19,20)13-5-3-12(4-6-13)16-23-14(10-25-16)8-22-15(24)9-21-7-11-1-2-11;/h3-6,10-11,21H,1-2,7-9H2,(H,22,24);1H. The van der Waals surface area contributed by atoms with Crippen LogP contribution >= 0.6 is 23.7 Å². The van der Waals surface area contributed by atoms with Crippen LogP contribution in [-0.2, 0) is 17.5 Å². The summed E-state index contributed by atoms with van der Waals surface area (Å²) in [5, 5.41) is 8.32. The van der Waals surface area contributed by atoms with Crippen LogP contribution in [0.4, 0.5) is 13.2 Å². The van der Waals surface area contributed by atoms with Crippen molar-refractivity contribution in [2.75, 3.05) is 13.1 Å². The molecule has 3 rings (SSSR count). The van der Waals surface area contributed by atoms with E-state index in [1.807, 2.05) is 0 Å². The van der Waals surface area contributed by atoms with Crippen molar-refractivity contribution in [1.29, 1.82) is 0 Å². The van der Waals surface area contributed by atoms with Gasteiger partial charge in [0.05, 0.1) is 24.3 Å². The van der Waals surface area contributed by atoms with Gasteiger partial charge in [-0.3, -0.25) is 4.79 Å². The third-order valence-electron chi connectivity index (χ3n) is 3.89. The number of hydrogen-bond donors (Lipinski definition) is 2. The van der Waals surface area contributed by atoms with Crippen molar-refractivity contribution in [2.24, 2.45) is 5.92 Å². The van der Waals surface area contributed by atoms with Crippen LogP contribution in [0.2, 0.25) is 0 Å². The molecule has 1 aromatic carbocycles. The third kappa shape index (κ3) is 5.96. The third-order valence-corrected chi connectivity index (χ3v) is 4.83. The van der Waals surface area contributed by atoms with E-state index >= 15 is 0 Å². The summed E-state index contributed by atoms with van der Waals surface area (Å²) in [4.78, 5) is 16.1. The lowest BCUT2D eigenvalue weighted by atomic mass is 10.1. The number of carbonyl (C=O) groups excluding carboxylic acids is 1. The van der Waals surface area contributed by atoms with Gasteiger partial charge in [0, 0.05) is 10.9 Å². The number of nitrogens with zero attached hydrogens (tertiary/aromatic N) is 1. The van der Waals surface area contributed by atoms with E-state index in [0.717, 1.165) is 24.6 Å². The topological polar surface area (TPSA) is 54.0 Å². The SMILES string of the molecule is Cl.O=C(CNCC1CC1)NCc1csc(-c2ccc(C(F)(F)F)cc2)n1. The van der Waals surface area contributed by atoms with Gasteiger partial charge < -0.3 is 10.6 Å². The Labute approximate surface area is 159 Å². The Bertz CT molecular complexity index is 730. The van der Waals surface area contributed by atoms with Crippen LogP contribution in [0.1, 0.15) is 24.1 Å². The molecule has 1 amide bonds. The van der Waals surface area contributed by atoms with Gasteiger partial charge in [0.15, 0.2) is 0 Å². The first kappa shape index (κ1) is 20.7. The van der Waals surface area contributed by atoms with E-state index in [2.05, 4.69) is 15.6 Å². The highest BCUT2D eigenvalue weighted by atomic mass is 35.5. The van der Waals surface area contributed by atoms with Gasteiger partial charge in [-0.1, -0.05) is 12.1 Å². The monoisotopic (exact) mass is 405 g/mol. The second-order valence-corrected chi connectivity index (χ2v) is 6.93. The molecule has 0 atom stereocenters.